The maximum absolute atomic E-state index is 12.9. The van der Waals surface area contributed by atoms with E-state index in [1.807, 2.05) is 29.9 Å². The number of aryl methyl sites for hydroxylation is 2. The Kier molecular flexibility index (Phi) is 5.25. The number of hydrogen-bond donors (Lipinski definition) is 2. The third-order valence-corrected chi connectivity index (χ3v) is 7.52. The smallest absolute Gasteiger partial charge is 0.323 e. The first-order chi connectivity index (χ1) is 17.0. The Labute approximate surface area is 207 Å². The van der Waals surface area contributed by atoms with Crippen LogP contribution in [0.5, 0.6) is 0 Å². The first kappa shape index (κ1) is 21.7. The molecule has 2 bridgehead atoms. The molecule has 4 aromatic rings. The maximum Gasteiger partial charge on any atom is 0.323 e. The van der Waals surface area contributed by atoms with Gasteiger partial charge in [0.05, 0.1) is 33.3 Å². The third kappa shape index (κ3) is 3.65. The number of fused-ring (bicyclic) bond motifs is 3. The lowest BCUT2D eigenvalue weighted by Gasteiger charge is -2.20. The Bertz CT molecular complexity index is 1440. The molecule has 6 rings (SSSR count). The molecule has 0 aromatic carbocycles. The Morgan fingerprint density at radius 1 is 1.20 bits per heavy atom. The van der Waals surface area contributed by atoms with Gasteiger partial charge >= 0.3 is 6.03 Å². The molecule has 2 amide bonds. The van der Waals surface area contributed by atoms with Crippen molar-refractivity contribution in [3.05, 3.63) is 53.1 Å². The van der Waals surface area contributed by atoms with Crippen molar-refractivity contribution < 1.29 is 4.79 Å². The summed E-state index contributed by atoms with van der Waals surface area (Å²) in [6, 6.07) is 5.87. The van der Waals surface area contributed by atoms with Crippen LogP contribution in [0.3, 0.4) is 0 Å². The van der Waals surface area contributed by atoms with E-state index in [0.29, 0.717) is 11.7 Å². The topological polar surface area (TPSA) is 101 Å². The molecule has 0 saturated carbocycles. The summed E-state index contributed by atoms with van der Waals surface area (Å²) < 4.78 is 2.04. The minimum absolute atomic E-state index is 0.179. The van der Waals surface area contributed by atoms with Crippen LogP contribution in [0.15, 0.2) is 30.6 Å². The molecule has 178 valence electrons. The summed E-state index contributed by atoms with van der Waals surface area (Å²) in [4.78, 5) is 29.6. The van der Waals surface area contributed by atoms with Crippen molar-refractivity contribution in [3.63, 3.8) is 0 Å². The molecule has 1 aliphatic carbocycles. The van der Waals surface area contributed by atoms with Crippen molar-refractivity contribution >= 4 is 28.3 Å². The highest BCUT2D eigenvalue weighted by Crippen LogP contribution is 2.44. The normalized spacial score (nSPS) is 14.6. The van der Waals surface area contributed by atoms with E-state index in [4.69, 9.17) is 10.1 Å². The fourth-order valence-corrected chi connectivity index (χ4v) is 5.93. The number of urea groups is 1. The first-order valence-corrected chi connectivity index (χ1v) is 12.6. The van der Waals surface area contributed by atoms with Gasteiger partial charge in [0.25, 0.3) is 0 Å². The summed E-state index contributed by atoms with van der Waals surface area (Å²) in [6.07, 6.45) is 6.38. The van der Waals surface area contributed by atoms with Crippen LogP contribution >= 0.6 is 11.3 Å². The largest absolute Gasteiger partial charge is 0.370 e. The van der Waals surface area contributed by atoms with Gasteiger partial charge in [-0.25, -0.2) is 19.4 Å². The van der Waals surface area contributed by atoms with E-state index < -0.39 is 0 Å². The zero-order valence-electron chi connectivity index (χ0n) is 19.9. The lowest BCUT2D eigenvalue weighted by Crippen LogP contribution is -2.31. The molecule has 0 fully saturated rings. The van der Waals surface area contributed by atoms with Gasteiger partial charge in [-0.3, -0.25) is 10.3 Å². The molecular formula is C25H26N8OS. The second-order valence-corrected chi connectivity index (χ2v) is 9.89. The van der Waals surface area contributed by atoms with Crippen molar-refractivity contribution in [3.8, 4) is 27.5 Å². The van der Waals surface area contributed by atoms with E-state index in [0.717, 1.165) is 76.1 Å². The van der Waals surface area contributed by atoms with Crippen molar-refractivity contribution in [1.82, 2.24) is 29.6 Å². The summed E-state index contributed by atoms with van der Waals surface area (Å²) in [7, 11) is 1.79. The van der Waals surface area contributed by atoms with Crippen LogP contribution in [0.2, 0.25) is 0 Å². The number of nitrogens with zero attached hydrogens (tertiary/aromatic N) is 6. The van der Waals surface area contributed by atoms with Crippen LogP contribution in [0.4, 0.5) is 15.7 Å². The van der Waals surface area contributed by atoms with E-state index in [1.54, 1.807) is 18.1 Å². The Hall–Kier alpha value is -3.79. The summed E-state index contributed by atoms with van der Waals surface area (Å²) >= 11 is 1.52. The number of thiazole rings is 1. The molecule has 0 spiro atoms. The Morgan fingerprint density at radius 3 is 2.89 bits per heavy atom. The van der Waals surface area contributed by atoms with Crippen LogP contribution < -0.4 is 10.6 Å². The predicted octanol–water partition coefficient (Wildman–Crippen LogP) is 4.66. The van der Waals surface area contributed by atoms with E-state index >= 15 is 0 Å². The zero-order valence-corrected chi connectivity index (χ0v) is 20.7. The highest BCUT2D eigenvalue weighted by Gasteiger charge is 2.31. The monoisotopic (exact) mass is 486 g/mol. The van der Waals surface area contributed by atoms with Gasteiger partial charge in [0.15, 0.2) is 5.13 Å². The number of nitrogens with one attached hydrogen (secondary N) is 2. The molecule has 4 aromatic heterocycles. The van der Waals surface area contributed by atoms with Gasteiger partial charge in [-0.1, -0.05) is 11.3 Å². The molecule has 0 radical (unpaired) electrons. The van der Waals surface area contributed by atoms with Gasteiger partial charge in [0.1, 0.15) is 5.82 Å². The lowest BCUT2D eigenvalue weighted by molar-refractivity contribution is 0.220. The quantitative estimate of drug-likeness (QED) is 0.437. The summed E-state index contributed by atoms with van der Waals surface area (Å²) in [5.74, 6) is 0.850. The second kappa shape index (κ2) is 8.46. The fourth-order valence-electron chi connectivity index (χ4n) is 4.87. The van der Waals surface area contributed by atoms with Gasteiger partial charge in [0, 0.05) is 49.2 Å². The van der Waals surface area contributed by atoms with Crippen molar-refractivity contribution in [2.45, 2.75) is 39.7 Å². The summed E-state index contributed by atoms with van der Waals surface area (Å²) in [6.45, 7) is 5.30. The van der Waals surface area contributed by atoms with E-state index in [1.165, 1.54) is 16.9 Å². The molecule has 0 unspecified atom stereocenters. The molecule has 0 atom stereocenters. The average molecular weight is 487 g/mol. The van der Waals surface area contributed by atoms with Crippen LogP contribution in [0.1, 0.15) is 35.9 Å². The predicted molar refractivity (Wildman–Crippen MR) is 137 cm³/mol. The minimum Gasteiger partial charge on any atom is -0.370 e. The number of aromatic nitrogens is 5. The molecule has 2 aliphatic rings. The second-order valence-electron chi connectivity index (χ2n) is 8.89. The fraction of sp³-hybridized carbons (Fsp3) is 0.320. The van der Waals surface area contributed by atoms with Crippen LogP contribution in [-0.4, -0.2) is 49.3 Å². The molecule has 1 aliphatic heterocycles. The summed E-state index contributed by atoms with van der Waals surface area (Å²) in [5.41, 5.74) is 7.92. The average Bonchev–Trinajstić information content (AvgIpc) is 3.35. The van der Waals surface area contributed by atoms with Gasteiger partial charge in [-0.05, 0) is 51.3 Å². The molecular weight excluding hydrogens is 460 g/mol. The zero-order chi connectivity index (χ0) is 24.1. The number of carbonyl (C=O) groups is 1. The SMILES string of the molecule is CCNc1ccc(-c2nn3c4c2CCCc2nc(sc2-4)NC(=O)N(C)Cc2ccnc(C)c2-3)cn1. The molecule has 35 heavy (non-hydrogen) atoms. The van der Waals surface area contributed by atoms with Crippen LogP contribution in [0.25, 0.3) is 27.5 Å². The first-order valence-electron chi connectivity index (χ1n) is 11.8. The van der Waals surface area contributed by atoms with Crippen LogP contribution in [-0.2, 0) is 19.4 Å². The number of carbonyl (C=O) groups excluding carboxylic acids is 1. The minimum atomic E-state index is -0.179. The van der Waals surface area contributed by atoms with E-state index in [-0.39, 0.29) is 6.03 Å². The number of pyridine rings is 2. The number of amides is 2. The molecule has 10 heteroatoms. The molecule has 9 nitrogen and oxygen atoms in total. The van der Waals surface area contributed by atoms with Crippen molar-refractivity contribution in [2.24, 2.45) is 0 Å². The Balaban J connectivity index is 1.65. The van der Waals surface area contributed by atoms with Gasteiger partial charge in [0.2, 0.25) is 0 Å². The number of hydrogen-bond acceptors (Lipinski definition) is 7. The third-order valence-electron chi connectivity index (χ3n) is 6.50. The molecule has 5 heterocycles. The van der Waals surface area contributed by atoms with E-state index in [9.17, 15) is 4.79 Å². The molecule has 2 N–H and O–H groups in total. The summed E-state index contributed by atoms with van der Waals surface area (Å²) in [5, 5.41) is 12.1. The lowest BCUT2D eigenvalue weighted by atomic mass is 10.0. The van der Waals surface area contributed by atoms with Crippen molar-refractivity contribution in [2.75, 3.05) is 24.2 Å². The standard InChI is InChI=1S/C25H26N8OS/c1-4-26-19-9-8-15(12-28-19)20-17-6-5-7-18-23-22(17)33(31-20)21-14(2)27-11-10-16(21)13-32(3)25(34)30-24(29-18)35-23/h8-12H,4-7,13H2,1-3H3,(H,26,28)(H,29,30,34). The van der Waals surface area contributed by atoms with Crippen LogP contribution in [0, 0.1) is 6.92 Å². The molecule has 0 saturated heterocycles. The van der Waals surface area contributed by atoms with Crippen molar-refractivity contribution in [1.29, 1.82) is 0 Å². The highest BCUT2D eigenvalue weighted by molar-refractivity contribution is 7.19. The highest BCUT2D eigenvalue weighted by atomic mass is 32.1. The number of rotatable bonds is 3. The van der Waals surface area contributed by atoms with Gasteiger partial charge < -0.3 is 10.2 Å². The van der Waals surface area contributed by atoms with Gasteiger partial charge in [-0.15, -0.1) is 0 Å². The van der Waals surface area contributed by atoms with E-state index in [2.05, 4.69) is 33.6 Å². The maximum atomic E-state index is 12.9. The van der Waals surface area contributed by atoms with Gasteiger partial charge in [-0.2, -0.15) is 5.10 Å². The number of anilines is 2. The Morgan fingerprint density at radius 2 is 2.09 bits per heavy atom.